The van der Waals surface area contributed by atoms with Gasteiger partial charge >= 0.3 is 0 Å². The van der Waals surface area contributed by atoms with Gasteiger partial charge in [0.1, 0.15) is 16.8 Å². The predicted molar refractivity (Wildman–Crippen MR) is 144 cm³/mol. The molecule has 1 aromatic heterocycles. The minimum Gasteiger partial charge on any atom is -0.356 e. The first-order valence-corrected chi connectivity index (χ1v) is 13.7. The third-order valence-corrected chi connectivity index (χ3v) is 8.18. The Balaban J connectivity index is 1.26. The molecule has 2 fully saturated rings. The van der Waals surface area contributed by atoms with Crippen LogP contribution in [0.4, 0.5) is 5.82 Å². The molecule has 5 rings (SSSR count). The van der Waals surface area contributed by atoms with E-state index < -0.39 is 5.41 Å². The molecule has 1 aliphatic carbocycles. The molecule has 6 nitrogen and oxygen atoms in total. The minimum absolute atomic E-state index is 0.0205. The lowest BCUT2D eigenvalue weighted by Gasteiger charge is -2.41. The largest absolute Gasteiger partial charge is 0.356 e. The van der Waals surface area contributed by atoms with E-state index in [2.05, 4.69) is 27.3 Å². The van der Waals surface area contributed by atoms with Crippen molar-refractivity contribution in [2.45, 2.75) is 55.0 Å². The van der Waals surface area contributed by atoms with E-state index in [0.717, 1.165) is 42.6 Å². The molecule has 2 heterocycles. The van der Waals surface area contributed by atoms with Crippen molar-refractivity contribution < 1.29 is 9.59 Å². The minimum atomic E-state index is -0.455. The van der Waals surface area contributed by atoms with Crippen molar-refractivity contribution in [2.75, 3.05) is 18.0 Å². The van der Waals surface area contributed by atoms with Crippen LogP contribution in [-0.4, -0.2) is 40.8 Å². The van der Waals surface area contributed by atoms with Crippen molar-refractivity contribution >= 4 is 40.9 Å². The Morgan fingerprint density at radius 2 is 1.81 bits per heavy atom. The van der Waals surface area contributed by atoms with Crippen LogP contribution in [0.15, 0.2) is 65.8 Å². The first-order chi connectivity index (χ1) is 17.4. The second-order valence-electron chi connectivity index (χ2n) is 9.56. The lowest BCUT2D eigenvalue weighted by atomic mass is 9.70. The molecule has 0 atom stereocenters. The standard InChI is InChI=1S/C28H29ClN4O2S/c1-19(34)28(22-8-3-2-4-9-22)12-14-33(15-13-28)25-17-24(29)31-27(32-25)36-18-20-6-5-7-21(16-20)26(35)30-23-10-11-23/h2-9,16-17,23H,10-15,18H2,1H3,(H,30,35). The van der Waals surface area contributed by atoms with Crippen LogP contribution in [0.5, 0.6) is 0 Å². The molecule has 1 N–H and O–H groups in total. The molecule has 0 spiro atoms. The number of carbonyl (C=O) groups is 2. The van der Waals surface area contributed by atoms with Gasteiger partial charge in [-0.3, -0.25) is 9.59 Å². The van der Waals surface area contributed by atoms with Gasteiger partial charge in [0.2, 0.25) is 0 Å². The lowest BCUT2D eigenvalue weighted by molar-refractivity contribution is -0.123. The molecular formula is C28H29ClN4O2S. The molecule has 1 saturated heterocycles. The SMILES string of the molecule is CC(=O)C1(c2ccccc2)CCN(c2cc(Cl)nc(SCc3cccc(C(=O)NC4CC4)c3)n2)CC1. The number of piperidine rings is 1. The number of aromatic nitrogens is 2. The molecule has 0 radical (unpaired) electrons. The number of anilines is 1. The summed E-state index contributed by atoms with van der Waals surface area (Å²) >= 11 is 7.87. The zero-order valence-electron chi connectivity index (χ0n) is 20.2. The topological polar surface area (TPSA) is 75.2 Å². The van der Waals surface area contributed by atoms with E-state index in [9.17, 15) is 9.59 Å². The Hall–Kier alpha value is -2.90. The van der Waals surface area contributed by atoms with Gasteiger partial charge in [-0.25, -0.2) is 9.97 Å². The Labute approximate surface area is 220 Å². The Bertz CT molecular complexity index is 1260. The molecule has 3 aromatic rings. The highest BCUT2D eigenvalue weighted by Gasteiger charge is 2.40. The highest BCUT2D eigenvalue weighted by Crippen LogP contribution is 2.38. The van der Waals surface area contributed by atoms with Crippen molar-refractivity contribution in [2.24, 2.45) is 0 Å². The number of nitrogens with zero attached hydrogens (tertiary/aromatic N) is 3. The maximum Gasteiger partial charge on any atom is 0.251 e. The highest BCUT2D eigenvalue weighted by atomic mass is 35.5. The summed E-state index contributed by atoms with van der Waals surface area (Å²) in [5.74, 6) is 1.60. The van der Waals surface area contributed by atoms with E-state index in [0.29, 0.717) is 40.8 Å². The maximum absolute atomic E-state index is 12.7. The summed E-state index contributed by atoms with van der Waals surface area (Å²) < 4.78 is 0. The van der Waals surface area contributed by atoms with E-state index in [-0.39, 0.29) is 11.7 Å². The lowest BCUT2D eigenvalue weighted by Crippen LogP contribution is -2.47. The van der Waals surface area contributed by atoms with E-state index in [1.54, 1.807) is 13.0 Å². The van der Waals surface area contributed by atoms with E-state index in [1.165, 1.54) is 11.8 Å². The molecular weight excluding hydrogens is 492 g/mol. The number of thioether (sulfide) groups is 1. The molecule has 36 heavy (non-hydrogen) atoms. The molecule has 2 aromatic carbocycles. The van der Waals surface area contributed by atoms with Crippen LogP contribution in [-0.2, 0) is 16.0 Å². The smallest absolute Gasteiger partial charge is 0.251 e. The second-order valence-corrected chi connectivity index (χ2v) is 10.9. The molecule has 2 aliphatic rings. The third-order valence-electron chi connectivity index (χ3n) is 7.07. The Morgan fingerprint density at radius 3 is 2.50 bits per heavy atom. The summed E-state index contributed by atoms with van der Waals surface area (Å²) in [7, 11) is 0. The molecule has 186 valence electrons. The van der Waals surface area contributed by atoms with Crippen LogP contribution in [0, 0.1) is 0 Å². The van der Waals surface area contributed by atoms with Crippen LogP contribution in [0.2, 0.25) is 5.15 Å². The maximum atomic E-state index is 12.7. The fraction of sp³-hybridized carbons (Fsp3) is 0.357. The number of ketones is 1. The van der Waals surface area contributed by atoms with Crippen molar-refractivity contribution in [3.8, 4) is 0 Å². The number of hydrogen-bond acceptors (Lipinski definition) is 6. The van der Waals surface area contributed by atoms with Gasteiger partial charge < -0.3 is 10.2 Å². The average Bonchev–Trinajstić information content (AvgIpc) is 3.72. The van der Waals surface area contributed by atoms with Gasteiger partial charge in [-0.15, -0.1) is 0 Å². The first-order valence-electron chi connectivity index (χ1n) is 12.3. The zero-order chi connectivity index (χ0) is 25.1. The summed E-state index contributed by atoms with van der Waals surface area (Å²) in [5.41, 5.74) is 2.33. The van der Waals surface area contributed by atoms with E-state index in [1.807, 2.05) is 42.5 Å². The predicted octanol–water partition coefficient (Wildman–Crippen LogP) is 5.44. The van der Waals surface area contributed by atoms with Crippen LogP contribution in [0.1, 0.15) is 54.1 Å². The van der Waals surface area contributed by atoms with Crippen LogP contribution < -0.4 is 10.2 Å². The van der Waals surface area contributed by atoms with E-state index >= 15 is 0 Å². The van der Waals surface area contributed by atoms with Crippen molar-refractivity contribution in [1.29, 1.82) is 0 Å². The number of halogens is 1. The number of nitrogens with one attached hydrogen (secondary N) is 1. The monoisotopic (exact) mass is 520 g/mol. The number of Topliss-reactive ketones (excluding diaryl/α,β-unsaturated/α-hetero) is 1. The molecule has 1 aliphatic heterocycles. The molecule has 1 saturated carbocycles. The quantitative estimate of drug-likeness (QED) is 0.242. The molecule has 8 heteroatoms. The summed E-state index contributed by atoms with van der Waals surface area (Å²) in [6.07, 6.45) is 3.59. The fourth-order valence-corrected chi connectivity index (χ4v) is 5.80. The van der Waals surface area contributed by atoms with Gasteiger partial charge in [0.05, 0.1) is 5.41 Å². The zero-order valence-corrected chi connectivity index (χ0v) is 21.8. The Kier molecular flexibility index (Phi) is 7.30. The highest BCUT2D eigenvalue weighted by molar-refractivity contribution is 7.98. The van der Waals surface area contributed by atoms with Crippen LogP contribution in [0.25, 0.3) is 0 Å². The summed E-state index contributed by atoms with van der Waals surface area (Å²) in [4.78, 5) is 36.5. The average molecular weight is 521 g/mol. The number of hydrogen-bond donors (Lipinski definition) is 1. The number of carbonyl (C=O) groups excluding carboxylic acids is 2. The van der Waals surface area contributed by atoms with E-state index in [4.69, 9.17) is 16.6 Å². The van der Waals surface area contributed by atoms with Gasteiger partial charge in [0.25, 0.3) is 5.91 Å². The molecule has 0 unspecified atom stereocenters. The first kappa shape index (κ1) is 24.8. The number of rotatable bonds is 8. The summed E-state index contributed by atoms with van der Waals surface area (Å²) in [6, 6.07) is 19.9. The van der Waals surface area contributed by atoms with Crippen LogP contribution >= 0.6 is 23.4 Å². The number of benzene rings is 2. The van der Waals surface area contributed by atoms with Gasteiger partial charge in [-0.05, 0) is 55.9 Å². The fourth-order valence-electron chi connectivity index (χ4n) is 4.78. The summed E-state index contributed by atoms with van der Waals surface area (Å²) in [6.45, 7) is 3.12. The van der Waals surface area contributed by atoms with Gasteiger partial charge in [-0.1, -0.05) is 65.8 Å². The van der Waals surface area contributed by atoms with Gasteiger partial charge in [-0.2, -0.15) is 0 Å². The molecule has 0 bridgehead atoms. The van der Waals surface area contributed by atoms with Crippen molar-refractivity contribution in [3.05, 3.63) is 82.5 Å². The third kappa shape index (κ3) is 5.57. The van der Waals surface area contributed by atoms with Crippen molar-refractivity contribution in [1.82, 2.24) is 15.3 Å². The van der Waals surface area contributed by atoms with Crippen LogP contribution in [0.3, 0.4) is 0 Å². The summed E-state index contributed by atoms with van der Waals surface area (Å²) in [5, 5.41) is 4.02. The second kappa shape index (κ2) is 10.6. The van der Waals surface area contributed by atoms with Gasteiger partial charge in [0, 0.05) is 36.5 Å². The normalized spacial score (nSPS) is 17.0. The van der Waals surface area contributed by atoms with Crippen molar-refractivity contribution in [3.63, 3.8) is 0 Å². The van der Waals surface area contributed by atoms with Gasteiger partial charge in [0.15, 0.2) is 5.16 Å². The number of amides is 1. The Morgan fingerprint density at radius 1 is 1.06 bits per heavy atom. The molecule has 1 amide bonds.